The van der Waals surface area contributed by atoms with E-state index < -0.39 is 24.4 Å². The van der Waals surface area contributed by atoms with Gasteiger partial charge in [-0.1, -0.05) is 0 Å². The molecule has 1 aliphatic rings. The van der Waals surface area contributed by atoms with Crippen molar-refractivity contribution in [2.75, 3.05) is 0 Å². The van der Waals surface area contributed by atoms with Gasteiger partial charge >= 0.3 is 6.18 Å². The molecule has 5 heteroatoms. The molecule has 0 saturated heterocycles. The lowest BCUT2D eigenvalue weighted by Gasteiger charge is -2.23. The summed E-state index contributed by atoms with van der Waals surface area (Å²) < 4.78 is 36.3. The second kappa shape index (κ2) is 3.84. The van der Waals surface area contributed by atoms with E-state index >= 15 is 0 Å². The van der Waals surface area contributed by atoms with Gasteiger partial charge < -0.3 is 10.4 Å². The molecule has 1 unspecified atom stereocenters. The van der Waals surface area contributed by atoms with Crippen LogP contribution in [-0.4, -0.2) is 29.5 Å². The second-order valence-electron chi connectivity index (χ2n) is 3.53. The summed E-state index contributed by atoms with van der Waals surface area (Å²) in [4.78, 5) is 0. The zero-order chi connectivity index (χ0) is 10.1. The molecule has 0 amide bonds. The molecule has 1 aliphatic carbocycles. The minimum atomic E-state index is -4.22. The highest BCUT2D eigenvalue weighted by Crippen LogP contribution is 2.24. The molecular formula is C8H14F3NO. The van der Waals surface area contributed by atoms with E-state index in [9.17, 15) is 18.3 Å². The monoisotopic (exact) mass is 197 g/mol. The first-order valence-corrected chi connectivity index (χ1v) is 4.42. The fourth-order valence-electron chi connectivity index (χ4n) is 1.55. The molecule has 1 saturated carbocycles. The minimum Gasteiger partial charge on any atom is -0.392 e. The molecule has 1 fully saturated rings. The van der Waals surface area contributed by atoms with Gasteiger partial charge in [0.15, 0.2) is 0 Å². The van der Waals surface area contributed by atoms with Crippen LogP contribution in [0, 0.1) is 0 Å². The van der Waals surface area contributed by atoms with Gasteiger partial charge in [-0.3, -0.25) is 0 Å². The van der Waals surface area contributed by atoms with E-state index in [0.29, 0.717) is 12.8 Å². The zero-order valence-electron chi connectivity index (χ0n) is 7.43. The number of hydrogen-bond acceptors (Lipinski definition) is 2. The summed E-state index contributed by atoms with van der Waals surface area (Å²) in [6.07, 6.45) is -2.82. The van der Waals surface area contributed by atoms with Crippen molar-refractivity contribution in [2.45, 2.75) is 50.6 Å². The van der Waals surface area contributed by atoms with Crippen molar-refractivity contribution < 1.29 is 18.3 Å². The molecule has 0 bridgehead atoms. The highest BCUT2D eigenvalue weighted by Gasteiger charge is 2.39. The third-order valence-electron chi connectivity index (χ3n) is 2.43. The molecule has 0 heterocycles. The standard InChI is InChI=1S/C8H14F3NO/c1-5(8(9,10)11)12-6-3-2-4-7(6)13/h5-7,12-13H,2-4H2,1H3/t5?,6-,7-/m0/s1. The quantitative estimate of drug-likeness (QED) is 0.702. The van der Waals surface area contributed by atoms with Gasteiger partial charge in [0, 0.05) is 6.04 Å². The van der Waals surface area contributed by atoms with Crippen LogP contribution in [-0.2, 0) is 0 Å². The Morgan fingerprint density at radius 1 is 1.38 bits per heavy atom. The maximum atomic E-state index is 12.1. The largest absolute Gasteiger partial charge is 0.403 e. The highest BCUT2D eigenvalue weighted by molar-refractivity contribution is 4.86. The SMILES string of the molecule is CC(N[C@H]1CCC[C@@H]1O)C(F)(F)F. The lowest BCUT2D eigenvalue weighted by molar-refractivity contribution is -0.154. The normalized spacial score (nSPS) is 32.1. The molecule has 0 radical (unpaired) electrons. The Labute approximate surface area is 75.1 Å². The maximum Gasteiger partial charge on any atom is 0.403 e. The molecule has 3 atom stereocenters. The van der Waals surface area contributed by atoms with Crippen LogP contribution >= 0.6 is 0 Å². The van der Waals surface area contributed by atoms with Crippen molar-refractivity contribution in [1.82, 2.24) is 5.32 Å². The van der Waals surface area contributed by atoms with Crippen molar-refractivity contribution in [3.05, 3.63) is 0 Å². The smallest absolute Gasteiger partial charge is 0.392 e. The number of aliphatic hydroxyl groups is 1. The number of halogens is 3. The van der Waals surface area contributed by atoms with Gasteiger partial charge in [0.1, 0.15) is 6.04 Å². The van der Waals surface area contributed by atoms with Gasteiger partial charge in [-0.25, -0.2) is 0 Å². The van der Waals surface area contributed by atoms with Crippen LogP contribution < -0.4 is 5.32 Å². The molecule has 78 valence electrons. The summed E-state index contributed by atoms with van der Waals surface area (Å²) in [5, 5.41) is 11.7. The summed E-state index contributed by atoms with van der Waals surface area (Å²) in [6.45, 7) is 1.07. The van der Waals surface area contributed by atoms with Crippen LogP contribution in [0.4, 0.5) is 13.2 Å². The third-order valence-corrected chi connectivity index (χ3v) is 2.43. The summed E-state index contributed by atoms with van der Waals surface area (Å²) in [5.74, 6) is 0. The average Bonchev–Trinajstić information content (AvgIpc) is 2.34. The van der Waals surface area contributed by atoms with E-state index in [4.69, 9.17) is 0 Å². The lowest BCUT2D eigenvalue weighted by atomic mass is 10.2. The van der Waals surface area contributed by atoms with Crippen LogP contribution in [0.1, 0.15) is 26.2 Å². The molecule has 13 heavy (non-hydrogen) atoms. The van der Waals surface area contributed by atoms with E-state index in [2.05, 4.69) is 5.32 Å². The number of rotatable bonds is 2. The minimum absolute atomic E-state index is 0.392. The Balaban J connectivity index is 2.40. The van der Waals surface area contributed by atoms with Gasteiger partial charge in [-0.15, -0.1) is 0 Å². The zero-order valence-corrected chi connectivity index (χ0v) is 7.43. The van der Waals surface area contributed by atoms with Crippen molar-refractivity contribution in [2.24, 2.45) is 0 Å². The molecule has 0 aromatic carbocycles. The molecule has 2 N–H and O–H groups in total. The second-order valence-corrected chi connectivity index (χ2v) is 3.53. The third kappa shape index (κ3) is 2.84. The Hall–Kier alpha value is -0.290. The Morgan fingerprint density at radius 2 is 2.00 bits per heavy atom. The molecule has 0 aromatic rings. The molecular weight excluding hydrogens is 183 g/mol. The Bertz CT molecular complexity index is 171. The average molecular weight is 197 g/mol. The maximum absolute atomic E-state index is 12.1. The van der Waals surface area contributed by atoms with Crippen LogP contribution in [0.5, 0.6) is 0 Å². The summed E-state index contributed by atoms with van der Waals surface area (Å²) in [7, 11) is 0. The molecule has 0 aliphatic heterocycles. The first-order chi connectivity index (χ1) is 5.91. The lowest BCUT2D eigenvalue weighted by Crippen LogP contribution is -2.48. The summed E-state index contributed by atoms with van der Waals surface area (Å²) >= 11 is 0. The van der Waals surface area contributed by atoms with Gasteiger partial charge in [0.2, 0.25) is 0 Å². The van der Waals surface area contributed by atoms with Crippen LogP contribution in [0.3, 0.4) is 0 Å². The Morgan fingerprint density at radius 3 is 2.38 bits per heavy atom. The van der Waals surface area contributed by atoms with Gasteiger partial charge in [0.05, 0.1) is 6.10 Å². The summed E-state index contributed by atoms with van der Waals surface area (Å²) in [5.41, 5.74) is 0. The molecule has 0 aromatic heterocycles. The van der Waals surface area contributed by atoms with Gasteiger partial charge in [-0.05, 0) is 26.2 Å². The van der Waals surface area contributed by atoms with Crippen LogP contribution in [0.2, 0.25) is 0 Å². The van der Waals surface area contributed by atoms with Crippen molar-refractivity contribution >= 4 is 0 Å². The number of hydrogen-bond donors (Lipinski definition) is 2. The van der Waals surface area contributed by atoms with Crippen molar-refractivity contribution in [3.8, 4) is 0 Å². The Kier molecular flexibility index (Phi) is 3.18. The number of aliphatic hydroxyl groups excluding tert-OH is 1. The molecule has 2 nitrogen and oxygen atoms in total. The van der Waals surface area contributed by atoms with E-state index in [1.165, 1.54) is 0 Å². The fraction of sp³-hybridized carbons (Fsp3) is 1.00. The first kappa shape index (κ1) is 10.8. The van der Waals surface area contributed by atoms with E-state index in [-0.39, 0.29) is 0 Å². The summed E-state index contributed by atoms with van der Waals surface area (Å²) in [6, 6.07) is -1.93. The topological polar surface area (TPSA) is 32.3 Å². The van der Waals surface area contributed by atoms with Crippen molar-refractivity contribution in [1.29, 1.82) is 0 Å². The van der Waals surface area contributed by atoms with Crippen LogP contribution in [0.15, 0.2) is 0 Å². The number of nitrogens with one attached hydrogen (secondary N) is 1. The van der Waals surface area contributed by atoms with Crippen molar-refractivity contribution in [3.63, 3.8) is 0 Å². The molecule has 0 spiro atoms. The van der Waals surface area contributed by atoms with E-state index in [0.717, 1.165) is 13.3 Å². The van der Waals surface area contributed by atoms with Crippen LogP contribution in [0.25, 0.3) is 0 Å². The predicted molar refractivity (Wildman–Crippen MR) is 42.3 cm³/mol. The van der Waals surface area contributed by atoms with E-state index in [1.807, 2.05) is 0 Å². The highest BCUT2D eigenvalue weighted by atomic mass is 19.4. The van der Waals surface area contributed by atoms with E-state index in [1.54, 1.807) is 0 Å². The fourth-order valence-corrected chi connectivity index (χ4v) is 1.55. The van der Waals surface area contributed by atoms with Gasteiger partial charge in [-0.2, -0.15) is 13.2 Å². The first-order valence-electron chi connectivity index (χ1n) is 4.42. The number of alkyl halides is 3. The predicted octanol–water partition coefficient (Wildman–Crippen LogP) is 1.44. The molecule has 1 rings (SSSR count). The van der Waals surface area contributed by atoms with Gasteiger partial charge in [0.25, 0.3) is 0 Å².